The minimum absolute atomic E-state index is 0.198. The van der Waals surface area contributed by atoms with Gasteiger partial charge in [0.05, 0.1) is 25.0 Å². The van der Waals surface area contributed by atoms with E-state index in [0.717, 1.165) is 12.8 Å². The van der Waals surface area contributed by atoms with Crippen LogP contribution in [0.5, 0.6) is 5.75 Å². The summed E-state index contributed by atoms with van der Waals surface area (Å²) in [7, 11) is 3.17. The van der Waals surface area contributed by atoms with Gasteiger partial charge in [-0.05, 0) is 37.1 Å². The van der Waals surface area contributed by atoms with Crippen LogP contribution < -0.4 is 21.1 Å². The number of hydrogen-bond acceptors (Lipinski definition) is 7. The predicted octanol–water partition coefficient (Wildman–Crippen LogP) is 2.52. The van der Waals surface area contributed by atoms with Gasteiger partial charge in [0.15, 0.2) is 0 Å². The van der Waals surface area contributed by atoms with Crippen LogP contribution in [-0.2, 0) is 4.74 Å². The Morgan fingerprint density at radius 3 is 2.52 bits per heavy atom. The number of rotatable bonds is 9. The van der Waals surface area contributed by atoms with E-state index in [1.165, 1.54) is 11.3 Å². The van der Waals surface area contributed by atoms with Gasteiger partial charge >= 0.3 is 0 Å². The van der Waals surface area contributed by atoms with Gasteiger partial charge in [-0.1, -0.05) is 0 Å². The summed E-state index contributed by atoms with van der Waals surface area (Å²) in [6.45, 7) is 0.986. The Labute approximate surface area is 161 Å². The van der Waals surface area contributed by atoms with Gasteiger partial charge < -0.3 is 25.8 Å². The second-order valence-corrected chi connectivity index (χ2v) is 7.29. The van der Waals surface area contributed by atoms with E-state index in [2.05, 4.69) is 10.6 Å². The van der Waals surface area contributed by atoms with Crippen molar-refractivity contribution in [2.45, 2.75) is 18.9 Å². The average molecular weight is 389 g/mol. The van der Waals surface area contributed by atoms with Crippen LogP contribution in [0.25, 0.3) is 0 Å². The number of anilines is 2. The molecule has 3 rings (SSSR count). The number of thiophene rings is 1. The van der Waals surface area contributed by atoms with Crippen molar-refractivity contribution in [2.75, 3.05) is 38.4 Å². The molecule has 0 spiro atoms. The van der Waals surface area contributed by atoms with Crippen LogP contribution in [0, 0.1) is 0 Å². The molecule has 4 N–H and O–H groups in total. The second kappa shape index (κ2) is 8.41. The number of carbonyl (C=O) groups is 2. The summed E-state index contributed by atoms with van der Waals surface area (Å²) in [6, 6.07) is 7.00. The van der Waals surface area contributed by atoms with Crippen molar-refractivity contribution in [1.29, 1.82) is 0 Å². The molecule has 0 saturated heterocycles. The molecule has 1 aliphatic rings. The first-order valence-corrected chi connectivity index (χ1v) is 9.51. The minimum atomic E-state index is -0.250. The van der Waals surface area contributed by atoms with Crippen LogP contribution in [-0.4, -0.2) is 45.1 Å². The molecule has 2 aromatic rings. The van der Waals surface area contributed by atoms with E-state index < -0.39 is 0 Å². The Morgan fingerprint density at radius 1 is 1.22 bits per heavy atom. The second-order valence-electron chi connectivity index (χ2n) is 6.27. The smallest absolute Gasteiger partial charge is 0.256 e. The molecule has 0 aliphatic heterocycles. The number of nitrogen functional groups attached to an aromatic ring is 1. The normalized spacial score (nSPS) is 13.3. The summed E-state index contributed by atoms with van der Waals surface area (Å²) in [4.78, 5) is 25.9. The molecule has 1 saturated carbocycles. The molecule has 1 amide bonds. The third kappa shape index (κ3) is 4.40. The molecule has 1 fully saturated rings. The predicted molar refractivity (Wildman–Crippen MR) is 106 cm³/mol. The zero-order valence-electron chi connectivity index (χ0n) is 15.3. The molecule has 1 aliphatic carbocycles. The lowest BCUT2D eigenvalue weighted by molar-refractivity contribution is 0.0953. The van der Waals surface area contributed by atoms with Gasteiger partial charge in [-0.2, -0.15) is 0 Å². The van der Waals surface area contributed by atoms with Crippen LogP contribution in [0.4, 0.5) is 10.7 Å². The van der Waals surface area contributed by atoms with Gasteiger partial charge in [-0.3, -0.25) is 9.59 Å². The van der Waals surface area contributed by atoms with Gasteiger partial charge in [-0.15, -0.1) is 11.3 Å². The summed E-state index contributed by atoms with van der Waals surface area (Å²) in [5.41, 5.74) is 7.26. The van der Waals surface area contributed by atoms with E-state index in [1.54, 1.807) is 38.5 Å². The molecule has 7 nitrogen and oxygen atoms in total. The summed E-state index contributed by atoms with van der Waals surface area (Å²) in [6.07, 6.45) is 1.94. The Hall–Kier alpha value is -2.58. The highest BCUT2D eigenvalue weighted by atomic mass is 32.1. The van der Waals surface area contributed by atoms with E-state index in [9.17, 15) is 9.59 Å². The fourth-order valence-corrected chi connectivity index (χ4v) is 3.69. The third-order valence-electron chi connectivity index (χ3n) is 4.23. The van der Waals surface area contributed by atoms with Crippen LogP contribution >= 0.6 is 11.3 Å². The lowest BCUT2D eigenvalue weighted by atomic mass is 10.1. The van der Waals surface area contributed by atoms with Gasteiger partial charge in [0, 0.05) is 25.3 Å². The van der Waals surface area contributed by atoms with E-state index in [1.807, 2.05) is 0 Å². The molecule has 1 heterocycles. The summed E-state index contributed by atoms with van der Waals surface area (Å²) in [5.74, 6) is 0.192. The molecule has 1 aromatic carbocycles. The lowest BCUT2D eigenvalue weighted by Gasteiger charge is -2.08. The number of benzene rings is 1. The first-order valence-electron chi connectivity index (χ1n) is 8.69. The Bertz CT molecular complexity index is 828. The zero-order chi connectivity index (χ0) is 19.4. The Morgan fingerprint density at radius 2 is 1.93 bits per heavy atom. The van der Waals surface area contributed by atoms with Crippen molar-refractivity contribution in [3.63, 3.8) is 0 Å². The van der Waals surface area contributed by atoms with Crippen molar-refractivity contribution >= 4 is 33.7 Å². The van der Waals surface area contributed by atoms with Crippen LogP contribution in [0.15, 0.2) is 24.3 Å². The summed E-state index contributed by atoms with van der Waals surface area (Å²) < 4.78 is 10.2. The molecule has 144 valence electrons. The zero-order valence-corrected chi connectivity index (χ0v) is 16.2. The molecular formula is C19H23N3O4S. The van der Waals surface area contributed by atoms with E-state index in [4.69, 9.17) is 15.2 Å². The topological polar surface area (TPSA) is 103 Å². The number of carbonyl (C=O) groups excluding carboxylic acids is 2. The van der Waals surface area contributed by atoms with Crippen LogP contribution in [0.3, 0.4) is 0 Å². The quantitative estimate of drug-likeness (QED) is 0.450. The monoisotopic (exact) mass is 389 g/mol. The summed E-state index contributed by atoms with van der Waals surface area (Å²) >= 11 is 1.19. The molecule has 27 heavy (non-hydrogen) atoms. The van der Waals surface area contributed by atoms with Crippen molar-refractivity contribution < 1.29 is 19.1 Å². The Balaban J connectivity index is 1.90. The lowest BCUT2D eigenvalue weighted by Crippen LogP contribution is -2.26. The molecule has 0 bridgehead atoms. The van der Waals surface area contributed by atoms with E-state index in [-0.39, 0.29) is 23.4 Å². The van der Waals surface area contributed by atoms with Crippen LogP contribution in [0.2, 0.25) is 0 Å². The van der Waals surface area contributed by atoms with E-state index in [0.29, 0.717) is 39.9 Å². The summed E-state index contributed by atoms with van der Waals surface area (Å²) in [5, 5.41) is 6.68. The highest BCUT2D eigenvalue weighted by Crippen LogP contribution is 2.37. The molecule has 0 atom stereocenters. The Kier molecular flexibility index (Phi) is 5.98. The number of ketones is 1. The SMILES string of the molecule is COCCNc1sc(C(=O)c2ccc(OC)cc2)c(N)c1C(=O)NC1CC1. The first-order chi connectivity index (χ1) is 13.0. The maximum Gasteiger partial charge on any atom is 0.256 e. The molecular weight excluding hydrogens is 366 g/mol. The number of amides is 1. The number of methoxy groups -OCH3 is 2. The van der Waals surface area contributed by atoms with E-state index >= 15 is 0 Å². The maximum absolute atomic E-state index is 12.9. The minimum Gasteiger partial charge on any atom is -0.497 e. The van der Waals surface area contributed by atoms with Crippen molar-refractivity contribution in [3.8, 4) is 5.75 Å². The van der Waals surface area contributed by atoms with Gasteiger partial charge in [0.1, 0.15) is 15.6 Å². The number of hydrogen-bond donors (Lipinski definition) is 3. The standard InChI is InChI=1S/C19H23N3O4S/c1-25-10-9-21-19-14(18(24)22-12-5-6-12)15(20)17(27-19)16(23)11-3-7-13(26-2)8-4-11/h3-4,7-8,12,21H,5-6,9-10,20H2,1-2H3,(H,22,24). The molecule has 0 unspecified atom stereocenters. The highest BCUT2D eigenvalue weighted by molar-refractivity contribution is 7.19. The fraction of sp³-hybridized carbons (Fsp3) is 0.368. The van der Waals surface area contributed by atoms with Crippen molar-refractivity contribution in [3.05, 3.63) is 40.3 Å². The van der Waals surface area contributed by atoms with Gasteiger partial charge in [0.25, 0.3) is 5.91 Å². The fourth-order valence-electron chi connectivity index (χ4n) is 2.59. The molecule has 8 heteroatoms. The van der Waals surface area contributed by atoms with Gasteiger partial charge in [-0.25, -0.2) is 0 Å². The largest absolute Gasteiger partial charge is 0.497 e. The van der Waals surface area contributed by atoms with Crippen molar-refractivity contribution in [1.82, 2.24) is 5.32 Å². The first kappa shape index (κ1) is 19.2. The molecule has 1 aromatic heterocycles. The maximum atomic E-state index is 12.9. The third-order valence-corrected chi connectivity index (χ3v) is 5.40. The number of ether oxygens (including phenoxy) is 2. The van der Waals surface area contributed by atoms with Gasteiger partial charge in [0.2, 0.25) is 5.78 Å². The highest BCUT2D eigenvalue weighted by Gasteiger charge is 2.30. The molecule has 0 radical (unpaired) electrons. The number of nitrogens with two attached hydrogens (primary N) is 1. The van der Waals surface area contributed by atoms with Crippen molar-refractivity contribution in [2.24, 2.45) is 0 Å². The number of nitrogens with one attached hydrogen (secondary N) is 2. The van der Waals surface area contributed by atoms with Crippen LogP contribution in [0.1, 0.15) is 38.4 Å². The average Bonchev–Trinajstić information content (AvgIpc) is 3.43.